The lowest BCUT2D eigenvalue weighted by Gasteiger charge is -2.28. The van der Waals surface area contributed by atoms with Gasteiger partial charge >= 0.3 is 0 Å². The van der Waals surface area contributed by atoms with Gasteiger partial charge in [-0.05, 0) is 56.9 Å². The van der Waals surface area contributed by atoms with Gasteiger partial charge in [-0.25, -0.2) is 0 Å². The van der Waals surface area contributed by atoms with E-state index in [4.69, 9.17) is 0 Å². The molecule has 110 valence electrons. The number of rotatable bonds is 5. The molecule has 4 atom stereocenters. The molecule has 0 saturated heterocycles. The Morgan fingerprint density at radius 2 is 2.35 bits per heavy atom. The van der Waals surface area contributed by atoms with Gasteiger partial charge in [0.15, 0.2) is 0 Å². The Morgan fingerprint density at radius 1 is 1.50 bits per heavy atom. The minimum Gasteiger partial charge on any atom is -0.353 e. The maximum absolute atomic E-state index is 12.1. The van der Waals surface area contributed by atoms with Gasteiger partial charge in [-0.2, -0.15) is 5.10 Å². The molecule has 3 rings (SSSR count). The van der Waals surface area contributed by atoms with Crippen molar-refractivity contribution in [3.05, 3.63) is 18.0 Å². The van der Waals surface area contributed by atoms with E-state index in [1.54, 1.807) is 6.20 Å². The van der Waals surface area contributed by atoms with Crippen LogP contribution in [0.5, 0.6) is 0 Å². The van der Waals surface area contributed by atoms with Crippen LogP contribution in [0.25, 0.3) is 0 Å². The van der Waals surface area contributed by atoms with Crippen LogP contribution in [0, 0.1) is 24.7 Å². The molecule has 2 bridgehead atoms. The highest BCUT2D eigenvalue weighted by Crippen LogP contribution is 2.49. The van der Waals surface area contributed by atoms with Crippen molar-refractivity contribution in [2.24, 2.45) is 17.8 Å². The first-order chi connectivity index (χ1) is 9.63. The van der Waals surface area contributed by atoms with Gasteiger partial charge in [0.1, 0.15) is 0 Å². The molecular weight excluding hydrogens is 250 g/mol. The van der Waals surface area contributed by atoms with Gasteiger partial charge in [0.2, 0.25) is 5.91 Å². The van der Waals surface area contributed by atoms with E-state index in [-0.39, 0.29) is 5.91 Å². The second kappa shape index (κ2) is 5.58. The van der Waals surface area contributed by atoms with E-state index >= 15 is 0 Å². The fourth-order valence-electron chi connectivity index (χ4n) is 4.18. The van der Waals surface area contributed by atoms with Crippen LogP contribution in [0.4, 0.5) is 0 Å². The molecule has 0 aromatic carbocycles. The standard InChI is InChI=1S/C16H25N3O/c1-11-5-7-17-19(11)8-6-16(20)18-12(2)15-10-13-3-4-14(15)9-13/h5,7,12-15H,3-4,6,8-10H2,1-2H3,(H,18,20). The molecule has 1 aromatic heterocycles. The first-order valence-corrected chi connectivity index (χ1v) is 7.91. The number of carbonyl (C=O) groups excluding carboxylic acids is 1. The molecule has 4 nitrogen and oxygen atoms in total. The van der Waals surface area contributed by atoms with Crippen LogP contribution >= 0.6 is 0 Å². The van der Waals surface area contributed by atoms with Crippen LogP contribution < -0.4 is 5.32 Å². The van der Waals surface area contributed by atoms with Crippen LogP contribution in [0.2, 0.25) is 0 Å². The average molecular weight is 275 g/mol. The maximum Gasteiger partial charge on any atom is 0.222 e. The molecular formula is C16H25N3O. The highest BCUT2D eigenvalue weighted by molar-refractivity contribution is 5.76. The zero-order chi connectivity index (χ0) is 14.1. The number of fused-ring (bicyclic) bond motifs is 2. The number of aromatic nitrogens is 2. The molecule has 2 fully saturated rings. The predicted molar refractivity (Wildman–Crippen MR) is 78.1 cm³/mol. The smallest absolute Gasteiger partial charge is 0.222 e. The number of hydrogen-bond donors (Lipinski definition) is 1. The molecule has 0 aliphatic heterocycles. The number of nitrogens with one attached hydrogen (secondary N) is 1. The topological polar surface area (TPSA) is 46.9 Å². The third-order valence-electron chi connectivity index (χ3n) is 5.30. The first kappa shape index (κ1) is 13.7. The summed E-state index contributed by atoms with van der Waals surface area (Å²) in [6.45, 7) is 4.87. The molecule has 0 spiro atoms. The monoisotopic (exact) mass is 275 g/mol. The van der Waals surface area contributed by atoms with E-state index in [0.29, 0.717) is 24.9 Å². The van der Waals surface area contributed by atoms with Crippen LogP contribution in [0.1, 0.15) is 44.7 Å². The normalized spacial score (nSPS) is 29.6. The Balaban J connectivity index is 1.45. The zero-order valence-electron chi connectivity index (χ0n) is 12.5. The quantitative estimate of drug-likeness (QED) is 0.897. The Morgan fingerprint density at radius 3 is 2.95 bits per heavy atom. The lowest BCUT2D eigenvalue weighted by Crippen LogP contribution is -2.40. The van der Waals surface area contributed by atoms with Crippen molar-refractivity contribution >= 4 is 5.91 Å². The van der Waals surface area contributed by atoms with Crippen molar-refractivity contribution in [2.75, 3.05) is 0 Å². The molecule has 4 heteroatoms. The van der Waals surface area contributed by atoms with Crippen molar-refractivity contribution < 1.29 is 4.79 Å². The molecule has 1 heterocycles. The fraction of sp³-hybridized carbons (Fsp3) is 0.750. The predicted octanol–water partition coefficient (Wildman–Crippen LogP) is 2.52. The summed E-state index contributed by atoms with van der Waals surface area (Å²) in [7, 11) is 0. The third-order valence-corrected chi connectivity index (χ3v) is 5.30. The number of hydrogen-bond acceptors (Lipinski definition) is 2. The highest BCUT2D eigenvalue weighted by Gasteiger charge is 2.42. The zero-order valence-corrected chi connectivity index (χ0v) is 12.5. The van der Waals surface area contributed by atoms with E-state index in [2.05, 4.69) is 17.3 Å². The summed E-state index contributed by atoms with van der Waals surface area (Å²) in [5, 5.41) is 7.42. The van der Waals surface area contributed by atoms with Crippen molar-refractivity contribution in [2.45, 2.75) is 58.5 Å². The van der Waals surface area contributed by atoms with Gasteiger partial charge in [-0.15, -0.1) is 0 Å². The molecule has 1 amide bonds. The van der Waals surface area contributed by atoms with Crippen molar-refractivity contribution in [3.8, 4) is 0 Å². The van der Waals surface area contributed by atoms with Crippen LogP contribution in [-0.4, -0.2) is 21.7 Å². The molecule has 2 saturated carbocycles. The van der Waals surface area contributed by atoms with E-state index < -0.39 is 0 Å². The van der Waals surface area contributed by atoms with Gasteiger partial charge in [0.25, 0.3) is 0 Å². The summed E-state index contributed by atoms with van der Waals surface area (Å²) in [5.74, 6) is 2.68. The summed E-state index contributed by atoms with van der Waals surface area (Å²) in [5.41, 5.74) is 1.11. The number of aryl methyl sites for hydroxylation is 2. The van der Waals surface area contributed by atoms with Crippen molar-refractivity contribution in [1.82, 2.24) is 15.1 Å². The number of nitrogens with zero attached hydrogens (tertiary/aromatic N) is 2. The largest absolute Gasteiger partial charge is 0.353 e. The highest BCUT2D eigenvalue weighted by atomic mass is 16.1. The second-order valence-corrected chi connectivity index (χ2v) is 6.64. The van der Waals surface area contributed by atoms with Gasteiger partial charge in [-0.1, -0.05) is 6.42 Å². The second-order valence-electron chi connectivity index (χ2n) is 6.64. The minimum absolute atomic E-state index is 0.162. The Hall–Kier alpha value is -1.32. The molecule has 4 unspecified atom stereocenters. The summed E-state index contributed by atoms with van der Waals surface area (Å²) < 4.78 is 1.89. The van der Waals surface area contributed by atoms with E-state index in [1.165, 1.54) is 25.7 Å². The van der Waals surface area contributed by atoms with Gasteiger partial charge in [-0.3, -0.25) is 9.48 Å². The molecule has 2 aliphatic carbocycles. The fourth-order valence-corrected chi connectivity index (χ4v) is 4.18. The molecule has 20 heavy (non-hydrogen) atoms. The maximum atomic E-state index is 12.1. The van der Waals surface area contributed by atoms with Gasteiger partial charge in [0.05, 0.1) is 0 Å². The molecule has 1 aromatic rings. The van der Waals surface area contributed by atoms with E-state index in [1.807, 2.05) is 17.7 Å². The summed E-state index contributed by atoms with van der Waals surface area (Å²) in [4.78, 5) is 12.1. The third kappa shape index (κ3) is 2.74. The van der Waals surface area contributed by atoms with Crippen molar-refractivity contribution in [1.29, 1.82) is 0 Å². The number of amides is 1. The van der Waals surface area contributed by atoms with Gasteiger partial charge in [0, 0.05) is 30.9 Å². The Kier molecular flexibility index (Phi) is 3.81. The van der Waals surface area contributed by atoms with E-state index in [0.717, 1.165) is 17.5 Å². The van der Waals surface area contributed by atoms with Crippen LogP contribution in [0.15, 0.2) is 12.3 Å². The lowest BCUT2D eigenvalue weighted by atomic mass is 9.84. The van der Waals surface area contributed by atoms with Crippen LogP contribution in [-0.2, 0) is 11.3 Å². The lowest BCUT2D eigenvalue weighted by molar-refractivity contribution is -0.122. The van der Waals surface area contributed by atoms with Crippen molar-refractivity contribution in [3.63, 3.8) is 0 Å². The molecule has 1 N–H and O–H groups in total. The summed E-state index contributed by atoms with van der Waals surface area (Å²) >= 11 is 0. The van der Waals surface area contributed by atoms with E-state index in [9.17, 15) is 4.79 Å². The van der Waals surface area contributed by atoms with Gasteiger partial charge < -0.3 is 5.32 Å². The number of carbonyl (C=O) groups is 1. The Labute approximate surface area is 120 Å². The SMILES string of the molecule is Cc1ccnn1CCC(=O)NC(C)C1CC2CCC1C2. The summed E-state index contributed by atoms with van der Waals surface area (Å²) in [6, 6.07) is 2.30. The molecule has 2 aliphatic rings. The van der Waals surface area contributed by atoms with Crippen LogP contribution in [0.3, 0.4) is 0 Å². The average Bonchev–Trinajstić information content (AvgIpc) is 3.12. The first-order valence-electron chi connectivity index (χ1n) is 7.91. The minimum atomic E-state index is 0.162. The molecule has 0 radical (unpaired) electrons. The summed E-state index contributed by atoms with van der Waals surface area (Å²) in [6.07, 6.45) is 7.82. The Bertz CT molecular complexity index is 482.